The molecule has 0 nitrogen and oxygen atoms in total. The van der Waals surface area contributed by atoms with Crippen molar-refractivity contribution in [2.75, 3.05) is 0 Å². The van der Waals surface area contributed by atoms with Crippen LogP contribution in [-0.2, 0) is 19.5 Å². The molecule has 0 unspecified atom stereocenters. The largest absolute Gasteiger partial charge is 0.103 e. The molecule has 1 heteroatoms. The number of allylic oxidation sites excluding steroid dienone is 1. The summed E-state index contributed by atoms with van der Waals surface area (Å²) in [5.74, 6) is 0. The predicted octanol–water partition coefficient (Wildman–Crippen LogP) is 1.00. The first-order valence-corrected chi connectivity index (χ1v) is 0.816. The quantitative estimate of drug-likeness (QED) is 0.404. The van der Waals surface area contributed by atoms with Crippen LogP contribution in [0.2, 0.25) is 0 Å². The molecule has 19 valence electrons. The van der Waals surface area contributed by atoms with Crippen molar-refractivity contribution in [3.63, 3.8) is 0 Å². The summed E-state index contributed by atoms with van der Waals surface area (Å²) in [5, 5.41) is 0. The maximum Gasteiger partial charge on any atom is 0 e. The van der Waals surface area contributed by atoms with Gasteiger partial charge in [-0.25, -0.2) is 0 Å². The first kappa shape index (κ1) is 8.84. The van der Waals surface area contributed by atoms with Crippen molar-refractivity contribution in [3.05, 3.63) is 19.6 Å². The minimum atomic E-state index is 0. The summed E-state index contributed by atoms with van der Waals surface area (Å²) in [5.41, 5.74) is 0. The molecule has 0 aromatic carbocycles. The fourth-order valence-electron chi connectivity index (χ4n) is 0. The van der Waals surface area contributed by atoms with E-state index in [-0.39, 0.29) is 19.5 Å². The Morgan fingerprint density at radius 1 is 1.50 bits per heavy atom. The smallest absolute Gasteiger partial charge is 0 e. The Hall–Kier alpha value is 0.363. The molecule has 0 N–H and O–H groups in total. The Morgan fingerprint density at radius 2 is 1.50 bits per heavy atom. The molecule has 0 aliphatic rings. The molecule has 0 aromatic heterocycles. The molecule has 0 aliphatic heterocycles. The summed E-state index contributed by atoms with van der Waals surface area (Å²) in [6.45, 7) is 6.50. The molecule has 0 heterocycles. The number of rotatable bonds is 0. The van der Waals surface area contributed by atoms with E-state index in [1.807, 2.05) is 0 Å². The van der Waals surface area contributed by atoms with Crippen LogP contribution in [0.5, 0.6) is 0 Å². The second-order valence-corrected chi connectivity index (χ2v) is 0.289. The third-order valence-electron chi connectivity index (χ3n) is 0. The van der Waals surface area contributed by atoms with E-state index in [1.165, 1.54) is 6.08 Å². The second kappa shape index (κ2) is 10.1. The van der Waals surface area contributed by atoms with E-state index in [2.05, 4.69) is 13.5 Å². The van der Waals surface area contributed by atoms with Gasteiger partial charge in [-0.2, -0.15) is 0 Å². The van der Waals surface area contributed by atoms with Crippen molar-refractivity contribution in [2.24, 2.45) is 0 Å². The number of hydrogen-bond donors (Lipinski definition) is 0. The van der Waals surface area contributed by atoms with Gasteiger partial charge in [-0.1, -0.05) is 6.08 Å². The molecule has 0 aromatic rings. The maximum absolute atomic E-state index is 3.25. The van der Waals surface area contributed by atoms with Crippen LogP contribution in [0.4, 0.5) is 0 Å². The Bertz CT molecular complexity index is 10.8. The molecule has 0 spiro atoms. The summed E-state index contributed by atoms with van der Waals surface area (Å²) in [6.07, 6.45) is 1.50. The predicted molar refractivity (Wildman–Crippen MR) is 15.6 cm³/mol. The van der Waals surface area contributed by atoms with Crippen molar-refractivity contribution in [2.45, 2.75) is 0 Å². The van der Waals surface area contributed by atoms with Gasteiger partial charge in [0.05, 0.1) is 0 Å². The van der Waals surface area contributed by atoms with Crippen LogP contribution in [0.3, 0.4) is 0 Å². The average Bonchev–Trinajstić information content (AvgIpc) is 0.918. The van der Waals surface area contributed by atoms with Gasteiger partial charge < -0.3 is 0 Å². The van der Waals surface area contributed by atoms with E-state index in [0.717, 1.165) is 0 Å². The molecular weight excluding hydrogens is 101 g/mol. The van der Waals surface area contributed by atoms with E-state index < -0.39 is 0 Å². The van der Waals surface area contributed by atoms with Crippen molar-refractivity contribution < 1.29 is 19.5 Å². The van der Waals surface area contributed by atoms with Crippen molar-refractivity contribution in [1.82, 2.24) is 0 Å². The van der Waals surface area contributed by atoms with Gasteiger partial charge in [-0.15, -0.1) is 6.58 Å². The van der Waals surface area contributed by atoms with Gasteiger partial charge in [0.25, 0.3) is 0 Å². The molecule has 4 heavy (non-hydrogen) atoms. The molecule has 0 saturated carbocycles. The molecule has 0 rings (SSSR count). The van der Waals surface area contributed by atoms with E-state index in [1.54, 1.807) is 0 Å². The summed E-state index contributed by atoms with van der Waals surface area (Å²) in [6, 6.07) is 0. The topological polar surface area (TPSA) is 0 Å². The summed E-state index contributed by atoms with van der Waals surface area (Å²) in [4.78, 5) is 0. The molecule has 0 saturated heterocycles. The molecular formula is C3H5Zn. The molecule has 0 amide bonds. The van der Waals surface area contributed by atoms with Gasteiger partial charge >= 0.3 is 0 Å². The molecule has 0 fully saturated rings. The van der Waals surface area contributed by atoms with Crippen molar-refractivity contribution in [3.8, 4) is 0 Å². The fourth-order valence-corrected chi connectivity index (χ4v) is 0. The minimum absolute atomic E-state index is 0. The number of hydrogen-bond acceptors (Lipinski definition) is 0. The van der Waals surface area contributed by atoms with Gasteiger partial charge in [0.15, 0.2) is 0 Å². The Balaban J connectivity index is 0. The third-order valence-corrected chi connectivity index (χ3v) is 0. The molecule has 0 atom stereocenters. The van der Waals surface area contributed by atoms with Crippen LogP contribution in [0, 0.1) is 6.92 Å². The van der Waals surface area contributed by atoms with Crippen LogP contribution < -0.4 is 0 Å². The van der Waals surface area contributed by atoms with Crippen LogP contribution in [0.15, 0.2) is 12.7 Å². The zero-order valence-corrected chi connectivity index (χ0v) is 5.67. The standard InChI is InChI=1S/C3H5.Zn/c1-3-2;/h3H,1-2H2;. The summed E-state index contributed by atoms with van der Waals surface area (Å²) < 4.78 is 0. The minimum Gasteiger partial charge on any atom is -0.103 e. The Labute approximate surface area is 39.7 Å². The maximum atomic E-state index is 3.25. The summed E-state index contributed by atoms with van der Waals surface area (Å²) >= 11 is 0. The zero-order valence-electron chi connectivity index (χ0n) is 2.70. The van der Waals surface area contributed by atoms with E-state index in [9.17, 15) is 0 Å². The molecule has 0 aliphatic carbocycles. The van der Waals surface area contributed by atoms with Gasteiger partial charge in [0.1, 0.15) is 0 Å². The van der Waals surface area contributed by atoms with E-state index in [4.69, 9.17) is 0 Å². The van der Waals surface area contributed by atoms with E-state index >= 15 is 0 Å². The monoisotopic (exact) mass is 105 g/mol. The summed E-state index contributed by atoms with van der Waals surface area (Å²) in [7, 11) is 0. The van der Waals surface area contributed by atoms with Crippen LogP contribution in [0.25, 0.3) is 0 Å². The van der Waals surface area contributed by atoms with Crippen LogP contribution >= 0.6 is 0 Å². The zero-order chi connectivity index (χ0) is 2.71. The van der Waals surface area contributed by atoms with Gasteiger partial charge in [0, 0.05) is 19.5 Å². The van der Waals surface area contributed by atoms with Crippen LogP contribution in [0.1, 0.15) is 0 Å². The van der Waals surface area contributed by atoms with Gasteiger partial charge in [-0.05, 0) is 6.92 Å². The average molecular weight is 106 g/mol. The van der Waals surface area contributed by atoms with Crippen LogP contribution in [-0.4, -0.2) is 0 Å². The Kier molecular flexibility index (Phi) is 22.3. The third kappa shape index (κ3) is 33.3. The van der Waals surface area contributed by atoms with Gasteiger partial charge in [0.2, 0.25) is 0 Å². The second-order valence-electron chi connectivity index (χ2n) is 0.289. The Morgan fingerprint density at radius 3 is 1.50 bits per heavy atom. The SMILES string of the molecule is [CH2]C=C.[Zn]. The molecule has 1 radical (unpaired) electrons. The first-order chi connectivity index (χ1) is 1.41. The van der Waals surface area contributed by atoms with Gasteiger partial charge in [-0.3, -0.25) is 0 Å². The normalized spacial score (nSPS) is 3.25. The van der Waals surface area contributed by atoms with E-state index in [0.29, 0.717) is 0 Å². The first-order valence-electron chi connectivity index (χ1n) is 0.816. The van der Waals surface area contributed by atoms with Crippen molar-refractivity contribution in [1.29, 1.82) is 0 Å². The fraction of sp³-hybridized carbons (Fsp3) is 0. The molecule has 0 bridgehead atoms. The van der Waals surface area contributed by atoms with Crippen molar-refractivity contribution >= 4 is 0 Å².